The summed E-state index contributed by atoms with van der Waals surface area (Å²) >= 11 is 0. The summed E-state index contributed by atoms with van der Waals surface area (Å²) in [5, 5.41) is 19.1. The number of methoxy groups -OCH3 is 1. The van der Waals surface area contributed by atoms with Crippen molar-refractivity contribution in [2.45, 2.75) is 32.4 Å². The van der Waals surface area contributed by atoms with Crippen LogP contribution < -0.4 is 4.74 Å². The van der Waals surface area contributed by atoms with Crippen LogP contribution in [-0.4, -0.2) is 52.4 Å². The van der Waals surface area contributed by atoms with Crippen molar-refractivity contribution in [1.82, 2.24) is 19.6 Å². The van der Waals surface area contributed by atoms with Crippen LogP contribution in [0.25, 0.3) is 22.2 Å². The maximum Gasteiger partial charge on any atom is 0.339 e. The minimum Gasteiger partial charge on any atom is -0.496 e. The van der Waals surface area contributed by atoms with Crippen molar-refractivity contribution in [3.8, 4) is 17.0 Å². The Balaban J connectivity index is 2.04. The highest BCUT2D eigenvalue weighted by Gasteiger charge is 2.20. The van der Waals surface area contributed by atoms with Crippen molar-refractivity contribution in [1.29, 1.82) is 0 Å². The molecule has 0 bridgehead atoms. The number of fused-ring (bicyclic) bond motifs is 1. The van der Waals surface area contributed by atoms with Crippen LogP contribution in [0.3, 0.4) is 0 Å². The molecular formula is C19H26N4O4Si. The molecule has 9 heteroatoms. The summed E-state index contributed by atoms with van der Waals surface area (Å²) in [6.45, 7) is 7.87. The number of hydrogen-bond acceptors (Lipinski definition) is 5. The van der Waals surface area contributed by atoms with Crippen molar-refractivity contribution in [2.24, 2.45) is 7.05 Å². The highest BCUT2D eigenvalue weighted by atomic mass is 28.3. The Morgan fingerprint density at radius 3 is 2.61 bits per heavy atom. The Hall–Kier alpha value is -2.65. The first kappa shape index (κ1) is 20.1. The van der Waals surface area contributed by atoms with Crippen LogP contribution in [0.4, 0.5) is 0 Å². The third-order valence-electron chi connectivity index (χ3n) is 4.49. The number of carbonyl (C=O) groups is 1. The second kappa shape index (κ2) is 7.76. The molecule has 28 heavy (non-hydrogen) atoms. The average molecular weight is 403 g/mol. The smallest absolute Gasteiger partial charge is 0.339 e. The molecule has 8 nitrogen and oxygen atoms in total. The highest BCUT2D eigenvalue weighted by Crippen LogP contribution is 2.33. The molecule has 0 aliphatic carbocycles. The minimum absolute atomic E-state index is 0.0966. The van der Waals surface area contributed by atoms with E-state index >= 15 is 0 Å². The number of rotatable bonds is 8. The van der Waals surface area contributed by atoms with Gasteiger partial charge in [-0.25, -0.2) is 9.48 Å². The van der Waals surface area contributed by atoms with E-state index in [1.54, 1.807) is 27.7 Å². The van der Waals surface area contributed by atoms with Crippen LogP contribution >= 0.6 is 0 Å². The summed E-state index contributed by atoms with van der Waals surface area (Å²) in [6, 6.07) is 4.37. The first-order valence-corrected chi connectivity index (χ1v) is 12.8. The molecule has 2 aromatic heterocycles. The van der Waals surface area contributed by atoms with Crippen LogP contribution in [-0.2, 0) is 18.5 Å². The van der Waals surface area contributed by atoms with E-state index in [1.807, 2.05) is 13.2 Å². The molecule has 3 rings (SSSR count). The fourth-order valence-corrected chi connectivity index (χ4v) is 3.68. The standard InChI is InChI=1S/C19H26N4O4Si/c1-22-11-13(10-20-22)18-14-8-15(19(24)25)17(26-2)9-16(14)23(21-18)12-27-6-7-28(3,4)5/h8-11H,6-7,12H2,1-5H3,(H,24,25). The van der Waals surface area contributed by atoms with Crippen molar-refractivity contribution in [3.63, 3.8) is 0 Å². The van der Waals surface area contributed by atoms with E-state index < -0.39 is 14.0 Å². The van der Waals surface area contributed by atoms with Crippen molar-refractivity contribution >= 4 is 24.9 Å². The normalized spacial score (nSPS) is 11.9. The summed E-state index contributed by atoms with van der Waals surface area (Å²) in [6.07, 6.45) is 3.56. The van der Waals surface area contributed by atoms with Crippen LogP contribution in [0.15, 0.2) is 24.5 Å². The molecule has 1 N–H and O–H groups in total. The number of nitrogens with zero attached hydrogens (tertiary/aromatic N) is 4. The second-order valence-electron chi connectivity index (χ2n) is 7.97. The van der Waals surface area contributed by atoms with Gasteiger partial charge in [-0.05, 0) is 12.1 Å². The molecule has 0 fully saturated rings. The van der Waals surface area contributed by atoms with E-state index in [1.165, 1.54) is 7.11 Å². The lowest BCUT2D eigenvalue weighted by Crippen LogP contribution is -2.22. The summed E-state index contributed by atoms with van der Waals surface area (Å²) in [5.74, 6) is -0.754. The Morgan fingerprint density at radius 2 is 2.04 bits per heavy atom. The van der Waals surface area contributed by atoms with Gasteiger partial charge in [0.05, 0.1) is 18.8 Å². The Labute approximate surface area is 164 Å². The Morgan fingerprint density at radius 1 is 1.29 bits per heavy atom. The zero-order chi connectivity index (χ0) is 20.5. The van der Waals surface area contributed by atoms with Gasteiger partial charge >= 0.3 is 5.97 Å². The van der Waals surface area contributed by atoms with Gasteiger partial charge < -0.3 is 14.6 Å². The third-order valence-corrected chi connectivity index (χ3v) is 6.19. The lowest BCUT2D eigenvalue weighted by molar-refractivity contribution is 0.0693. The van der Waals surface area contributed by atoms with Gasteiger partial charge in [-0.1, -0.05) is 19.6 Å². The molecule has 150 valence electrons. The molecule has 0 saturated heterocycles. The lowest BCUT2D eigenvalue weighted by atomic mass is 10.1. The number of aromatic carboxylic acids is 1. The third kappa shape index (κ3) is 4.25. The molecule has 0 unspecified atom stereocenters. The average Bonchev–Trinajstić information content (AvgIpc) is 3.20. The number of aromatic nitrogens is 4. The molecule has 0 aliphatic heterocycles. The van der Waals surface area contributed by atoms with Crippen LogP contribution in [0.2, 0.25) is 25.7 Å². The summed E-state index contributed by atoms with van der Waals surface area (Å²) in [5.41, 5.74) is 2.34. The first-order valence-electron chi connectivity index (χ1n) is 9.08. The molecule has 0 atom stereocenters. The van der Waals surface area contributed by atoms with Gasteiger partial charge in [0, 0.05) is 44.9 Å². The SMILES string of the molecule is COc1cc2c(cc1C(=O)O)c(-c1cnn(C)c1)nn2COCC[Si](C)(C)C. The number of carboxylic acids is 1. The number of carboxylic acid groups (broad SMARTS) is 1. The molecule has 2 heterocycles. The van der Waals surface area contributed by atoms with Gasteiger partial charge in [-0.3, -0.25) is 4.68 Å². The quantitative estimate of drug-likeness (QED) is 0.458. The number of hydrogen-bond donors (Lipinski definition) is 1. The minimum atomic E-state index is -1.18. The monoisotopic (exact) mass is 402 g/mol. The zero-order valence-corrected chi connectivity index (χ0v) is 17.9. The van der Waals surface area contributed by atoms with Gasteiger partial charge in [-0.15, -0.1) is 0 Å². The number of benzene rings is 1. The van der Waals surface area contributed by atoms with Crippen molar-refractivity contribution in [3.05, 3.63) is 30.1 Å². The molecule has 0 saturated carbocycles. The largest absolute Gasteiger partial charge is 0.496 e. The van der Waals surface area contributed by atoms with E-state index in [0.29, 0.717) is 18.1 Å². The maximum absolute atomic E-state index is 11.6. The molecule has 0 radical (unpaired) electrons. The number of ether oxygens (including phenoxy) is 2. The van der Waals surface area contributed by atoms with Crippen molar-refractivity contribution in [2.75, 3.05) is 13.7 Å². The van der Waals surface area contributed by atoms with E-state index in [-0.39, 0.29) is 12.3 Å². The second-order valence-corrected chi connectivity index (χ2v) is 13.6. The summed E-state index contributed by atoms with van der Waals surface area (Å²) < 4.78 is 14.6. The topological polar surface area (TPSA) is 91.4 Å². The molecule has 0 aliphatic rings. The van der Waals surface area contributed by atoms with E-state index in [0.717, 1.165) is 22.5 Å². The van der Waals surface area contributed by atoms with Gasteiger partial charge in [-0.2, -0.15) is 10.2 Å². The van der Waals surface area contributed by atoms with Gasteiger partial charge in [0.25, 0.3) is 0 Å². The molecule has 1 aromatic carbocycles. The summed E-state index contributed by atoms with van der Waals surface area (Å²) in [4.78, 5) is 11.6. The molecule has 3 aromatic rings. The zero-order valence-electron chi connectivity index (χ0n) is 16.9. The molecule has 0 amide bonds. The molecular weight excluding hydrogens is 376 g/mol. The van der Waals surface area contributed by atoms with Gasteiger partial charge in [0.2, 0.25) is 0 Å². The maximum atomic E-state index is 11.6. The van der Waals surface area contributed by atoms with E-state index in [9.17, 15) is 9.90 Å². The summed E-state index contributed by atoms with van der Waals surface area (Å²) in [7, 11) is 2.11. The first-order chi connectivity index (χ1) is 13.2. The number of aryl methyl sites for hydroxylation is 1. The van der Waals surface area contributed by atoms with Gasteiger partial charge in [0.1, 0.15) is 23.7 Å². The van der Waals surface area contributed by atoms with Gasteiger partial charge in [0.15, 0.2) is 0 Å². The van der Waals surface area contributed by atoms with Crippen LogP contribution in [0, 0.1) is 0 Å². The van der Waals surface area contributed by atoms with E-state index in [4.69, 9.17) is 9.47 Å². The lowest BCUT2D eigenvalue weighted by Gasteiger charge is -2.15. The highest BCUT2D eigenvalue weighted by molar-refractivity contribution is 6.76. The fourth-order valence-electron chi connectivity index (χ4n) is 2.92. The fraction of sp³-hybridized carbons (Fsp3) is 0.421. The van der Waals surface area contributed by atoms with E-state index in [2.05, 4.69) is 29.8 Å². The predicted molar refractivity (Wildman–Crippen MR) is 110 cm³/mol. The predicted octanol–water partition coefficient (Wildman–Crippen LogP) is 3.46. The van der Waals surface area contributed by atoms with Crippen LogP contribution in [0.5, 0.6) is 5.75 Å². The molecule has 0 spiro atoms. The Kier molecular flexibility index (Phi) is 5.57. The Bertz CT molecular complexity index is 1000. The van der Waals surface area contributed by atoms with Crippen molar-refractivity contribution < 1.29 is 19.4 Å². The van der Waals surface area contributed by atoms with Crippen LogP contribution in [0.1, 0.15) is 10.4 Å².